The molecule has 2 heteroatoms. The van der Waals surface area contributed by atoms with E-state index < -0.39 is 0 Å². The Morgan fingerprint density at radius 1 is 1.20 bits per heavy atom. The summed E-state index contributed by atoms with van der Waals surface area (Å²) in [6.45, 7) is 11.0. The second-order valence-corrected chi connectivity index (χ2v) is 5.66. The summed E-state index contributed by atoms with van der Waals surface area (Å²) in [7, 11) is 0. The average Bonchev–Trinajstić information content (AvgIpc) is 2.30. The molecule has 0 aromatic rings. The predicted molar refractivity (Wildman–Crippen MR) is 65.1 cm³/mol. The average molecular weight is 210 g/mol. The lowest BCUT2D eigenvalue weighted by molar-refractivity contribution is 0.0553. The quantitative estimate of drug-likeness (QED) is 0.765. The molecule has 15 heavy (non-hydrogen) atoms. The first-order valence-electron chi connectivity index (χ1n) is 6.67. The van der Waals surface area contributed by atoms with Crippen LogP contribution in [0.5, 0.6) is 0 Å². The van der Waals surface area contributed by atoms with Crippen molar-refractivity contribution in [2.24, 2.45) is 5.92 Å². The first kappa shape index (κ1) is 11.4. The molecule has 3 saturated heterocycles. The van der Waals surface area contributed by atoms with Crippen LogP contribution in [-0.4, -0.2) is 36.1 Å². The molecule has 0 aromatic carbocycles. The van der Waals surface area contributed by atoms with E-state index in [0.717, 1.165) is 12.0 Å². The summed E-state index contributed by atoms with van der Waals surface area (Å²) in [6, 6.07) is 0.761. The van der Waals surface area contributed by atoms with Crippen molar-refractivity contribution < 1.29 is 0 Å². The third-order valence-electron chi connectivity index (χ3n) is 4.75. The van der Waals surface area contributed by atoms with Gasteiger partial charge in [-0.3, -0.25) is 0 Å². The van der Waals surface area contributed by atoms with E-state index in [1.165, 1.54) is 45.3 Å². The second kappa shape index (κ2) is 4.42. The summed E-state index contributed by atoms with van der Waals surface area (Å²) < 4.78 is 0. The van der Waals surface area contributed by atoms with Crippen molar-refractivity contribution in [2.75, 3.05) is 19.6 Å². The van der Waals surface area contributed by atoms with Gasteiger partial charge in [-0.1, -0.05) is 13.8 Å². The largest absolute Gasteiger partial charge is 0.307 e. The third-order valence-corrected chi connectivity index (χ3v) is 4.75. The normalized spacial score (nSPS) is 35.8. The zero-order valence-corrected chi connectivity index (χ0v) is 10.6. The van der Waals surface area contributed by atoms with Gasteiger partial charge in [0.1, 0.15) is 0 Å². The Labute approximate surface area is 94.4 Å². The maximum atomic E-state index is 3.92. The number of nitrogens with one attached hydrogen (secondary N) is 1. The summed E-state index contributed by atoms with van der Waals surface area (Å²) in [5.41, 5.74) is 0.364. The highest BCUT2D eigenvalue weighted by atomic mass is 15.2. The molecule has 3 aliphatic rings. The van der Waals surface area contributed by atoms with Gasteiger partial charge in [0.2, 0.25) is 0 Å². The molecule has 0 spiro atoms. The van der Waals surface area contributed by atoms with E-state index in [-0.39, 0.29) is 0 Å². The van der Waals surface area contributed by atoms with Gasteiger partial charge >= 0.3 is 0 Å². The Balaban J connectivity index is 1.94. The lowest BCUT2D eigenvalue weighted by atomic mass is 9.82. The highest BCUT2D eigenvalue weighted by molar-refractivity contribution is 4.95. The molecule has 0 aliphatic carbocycles. The molecule has 1 atom stereocenters. The molecule has 2 nitrogen and oxygen atoms in total. The molecule has 0 aromatic heterocycles. The number of hydrogen-bond acceptors (Lipinski definition) is 2. The maximum Gasteiger partial charge on any atom is 0.0229 e. The van der Waals surface area contributed by atoms with E-state index in [2.05, 4.69) is 31.0 Å². The minimum Gasteiger partial charge on any atom is -0.307 e. The molecule has 0 radical (unpaired) electrons. The van der Waals surface area contributed by atoms with Crippen LogP contribution in [0.15, 0.2) is 0 Å². The van der Waals surface area contributed by atoms with Crippen LogP contribution in [0.25, 0.3) is 0 Å². The molecule has 3 fully saturated rings. The van der Waals surface area contributed by atoms with Crippen LogP contribution in [0.4, 0.5) is 0 Å². The van der Waals surface area contributed by atoms with Crippen LogP contribution >= 0.6 is 0 Å². The Kier molecular flexibility index (Phi) is 3.36. The van der Waals surface area contributed by atoms with Crippen LogP contribution < -0.4 is 5.32 Å². The minimum absolute atomic E-state index is 0.364. The zero-order valence-electron chi connectivity index (χ0n) is 10.6. The molecular formula is C13H26N2. The molecular weight excluding hydrogens is 184 g/mol. The van der Waals surface area contributed by atoms with Crippen molar-refractivity contribution in [3.8, 4) is 0 Å². The fourth-order valence-electron chi connectivity index (χ4n) is 3.03. The first-order valence-corrected chi connectivity index (χ1v) is 6.67. The molecule has 88 valence electrons. The Morgan fingerprint density at radius 3 is 2.20 bits per heavy atom. The Hall–Kier alpha value is -0.0800. The number of piperidine rings is 3. The lowest BCUT2D eigenvalue weighted by Crippen LogP contribution is -2.60. The van der Waals surface area contributed by atoms with Crippen LogP contribution in [-0.2, 0) is 0 Å². The summed E-state index contributed by atoms with van der Waals surface area (Å²) in [5, 5.41) is 3.92. The molecule has 3 heterocycles. The van der Waals surface area contributed by atoms with E-state index in [1.807, 2.05) is 0 Å². The summed E-state index contributed by atoms with van der Waals surface area (Å²) in [6.07, 6.45) is 5.32. The Morgan fingerprint density at radius 2 is 1.80 bits per heavy atom. The van der Waals surface area contributed by atoms with Crippen molar-refractivity contribution in [2.45, 2.75) is 58.0 Å². The smallest absolute Gasteiger partial charge is 0.0229 e. The summed E-state index contributed by atoms with van der Waals surface area (Å²) in [4.78, 5) is 2.63. The molecule has 3 rings (SSSR count). The van der Waals surface area contributed by atoms with Crippen molar-refractivity contribution >= 4 is 0 Å². The van der Waals surface area contributed by atoms with E-state index in [4.69, 9.17) is 0 Å². The molecule has 1 unspecified atom stereocenters. The Bertz CT molecular complexity index is 203. The number of rotatable bonds is 4. The van der Waals surface area contributed by atoms with Gasteiger partial charge in [0.05, 0.1) is 0 Å². The molecule has 1 N–H and O–H groups in total. The number of fused-ring (bicyclic) bond motifs is 3. The summed E-state index contributed by atoms with van der Waals surface area (Å²) in [5.74, 6) is 0.951. The topological polar surface area (TPSA) is 15.3 Å². The first-order chi connectivity index (χ1) is 7.17. The monoisotopic (exact) mass is 210 g/mol. The fourth-order valence-corrected chi connectivity index (χ4v) is 3.03. The van der Waals surface area contributed by atoms with Crippen LogP contribution in [0.1, 0.15) is 46.5 Å². The van der Waals surface area contributed by atoms with Crippen molar-refractivity contribution in [3.05, 3.63) is 0 Å². The van der Waals surface area contributed by atoms with Gasteiger partial charge < -0.3 is 10.2 Å². The van der Waals surface area contributed by atoms with Crippen molar-refractivity contribution in [3.63, 3.8) is 0 Å². The SMILES string of the molecule is CCC(C)(CC)NC1CN2CCC1CC2. The zero-order chi connectivity index (χ0) is 10.9. The second-order valence-electron chi connectivity index (χ2n) is 5.66. The molecule has 2 bridgehead atoms. The van der Waals surface area contributed by atoms with Gasteiger partial charge in [-0.15, -0.1) is 0 Å². The van der Waals surface area contributed by atoms with Crippen LogP contribution in [0.2, 0.25) is 0 Å². The number of nitrogens with zero attached hydrogens (tertiary/aromatic N) is 1. The minimum atomic E-state index is 0.364. The van der Waals surface area contributed by atoms with Gasteiger partial charge in [0, 0.05) is 18.1 Å². The van der Waals surface area contributed by atoms with Gasteiger partial charge in [0.25, 0.3) is 0 Å². The fraction of sp³-hybridized carbons (Fsp3) is 1.00. The van der Waals surface area contributed by atoms with Gasteiger partial charge in [-0.05, 0) is 51.6 Å². The van der Waals surface area contributed by atoms with Crippen molar-refractivity contribution in [1.29, 1.82) is 0 Å². The van der Waals surface area contributed by atoms with Gasteiger partial charge in [-0.25, -0.2) is 0 Å². The standard InChI is InChI=1S/C13H26N2/c1-4-13(3,5-2)14-12-10-15-8-6-11(12)7-9-15/h11-12,14H,4-10H2,1-3H3. The van der Waals surface area contributed by atoms with Crippen LogP contribution in [0.3, 0.4) is 0 Å². The maximum absolute atomic E-state index is 3.92. The number of hydrogen-bond donors (Lipinski definition) is 1. The molecule has 0 amide bonds. The van der Waals surface area contributed by atoms with Gasteiger partial charge in [-0.2, -0.15) is 0 Å². The van der Waals surface area contributed by atoms with E-state index >= 15 is 0 Å². The third kappa shape index (κ3) is 2.36. The predicted octanol–water partition coefficient (Wildman–Crippen LogP) is 2.25. The molecule has 3 aliphatic heterocycles. The van der Waals surface area contributed by atoms with E-state index in [0.29, 0.717) is 5.54 Å². The van der Waals surface area contributed by atoms with E-state index in [1.54, 1.807) is 0 Å². The van der Waals surface area contributed by atoms with E-state index in [9.17, 15) is 0 Å². The summed E-state index contributed by atoms with van der Waals surface area (Å²) >= 11 is 0. The highest BCUT2D eigenvalue weighted by Crippen LogP contribution is 2.29. The van der Waals surface area contributed by atoms with Gasteiger partial charge in [0.15, 0.2) is 0 Å². The lowest BCUT2D eigenvalue weighted by Gasteiger charge is -2.48. The molecule has 0 saturated carbocycles. The van der Waals surface area contributed by atoms with Crippen LogP contribution in [0, 0.1) is 5.92 Å². The highest BCUT2D eigenvalue weighted by Gasteiger charge is 2.36. The van der Waals surface area contributed by atoms with Crippen molar-refractivity contribution in [1.82, 2.24) is 10.2 Å².